The minimum Gasteiger partial charge on any atom is -0.358 e. The third-order valence-electron chi connectivity index (χ3n) is 5.67. The molecule has 1 aliphatic heterocycles. The zero-order valence-electron chi connectivity index (χ0n) is 16.7. The zero-order valence-corrected chi connectivity index (χ0v) is 16.7. The monoisotopic (exact) mass is 380 g/mol. The van der Waals surface area contributed by atoms with E-state index in [-0.39, 0.29) is 12.1 Å². The van der Waals surface area contributed by atoms with Gasteiger partial charge in [-0.2, -0.15) is 5.10 Å². The van der Waals surface area contributed by atoms with E-state index in [1.54, 1.807) is 0 Å². The van der Waals surface area contributed by atoms with E-state index in [2.05, 4.69) is 68.8 Å². The van der Waals surface area contributed by atoms with Crippen LogP contribution in [0.15, 0.2) is 24.3 Å². The van der Waals surface area contributed by atoms with E-state index < -0.39 is 0 Å². The highest BCUT2D eigenvalue weighted by Crippen LogP contribution is 2.22. The van der Waals surface area contributed by atoms with Crippen molar-refractivity contribution in [1.82, 2.24) is 25.8 Å². The Morgan fingerprint density at radius 3 is 2.71 bits per heavy atom. The van der Waals surface area contributed by atoms with Gasteiger partial charge in [0.15, 0.2) is 5.82 Å². The highest BCUT2D eigenvalue weighted by Gasteiger charge is 2.22. The molecule has 2 aromatic heterocycles. The molecule has 0 spiro atoms. The molecule has 3 aromatic rings. The summed E-state index contributed by atoms with van der Waals surface area (Å²) in [6.07, 6.45) is 1.85. The highest BCUT2D eigenvalue weighted by molar-refractivity contribution is 5.85. The van der Waals surface area contributed by atoms with E-state index in [0.717, 1.165) is 48.5 Å². The topological polar surface area (TPSA) is 88.8 Å². The number of urea groups is 1. The average Bonchev–Trinajstić information content (AvgIpc) is 3.24. The van der Waals surface area contributed by atoms with Gasteiger partial charge in [-0.05, 0) is 56.9 Å². The predicted molar refractivity (Wildman–Crippen MR) is 112 cm³/mol. The second-order valence-electron chi connectivity index (χ2n) is 7.75. The smallest absolute Gasteiger partial charge is 0.315 e. The van der Waals surface area contributed by atoms with Crippen LogP contribution in [0.1, 0.15) is 35.4 Å². The van der Waals surface area contributed by atoms with Crippen LogP contribution in [0, 0.1) is 20.8 Å². The quantitative estimate of drug-likeness (QED) is 0.560. The number of nitrogens with one attached hydrogen (secondary N) is 4. The number of aromatic amines is 2. The van der Waals surface area contributed by atoms with Gasteiger partial charge in [0.2, 0.25) is 0 Å². The van der Waals surface area contributed by atoms with Gasteiger partial charge in [-0.3, -0.25) is 5.10 Å². The number of H-pyrrole nitrogens is 2. The lowest BCUT2D eigenvalue weighted by Gasteiger charge is -2.32. The molecule has 148 valence electrons. The summed E-state index contributed by atoms with van der Waals surface area (Å²) in [5.74, 6) is 0.992. The van der Waals surface area contributed by atoms with Gasteiger partial charge in [0.25, 0.3) is 0 Å². The molecule has 0 saturated carbocycles. The Balaban J connectivity index is 1.26. The number of hydrogen-bond acceptors (Lipinski definition) is 3. The summed E-state index contributed by atoms with van der Waals surface area (Å²) < 4.78 is 0. The van der Waals surface area contributed by atoms with Crippen molar-refractivity contribution in [2.45, 2.75) is 46.2 Å². The van der Waals surface area contributed by atoms with E-state index in [1.807, 2.05) is 6.92 Å². The number of aryl methyl sites for hydroxylation is 3. The fraction of sp³-hybridized carbons (Fsp3) is 0.429. The Hall–Kier alpha value is -2.96. The number of rotatable bonds is 4. The summed E-state index contributed by atoms with van der Waals surface area (Å²) in [7, 11) is 0. The number of aromatic nitrogens is 3. The number of piperidine rings is 1. The van der Waals surface area contributed by atoms with Crippen LogP contribution >= 0.6 is 0 Å². The molecule has 0 radical (unpaired) electrons. The molecule has 0 atom stereocenters. The van der Waals surface area contributed by atoms with Gasteiger partial charge in [-0.25, -0.2) is 4.79 Å². The SMILES string of the molecule is Cc1cc(N2CCC(NC(=O)NCc3ccc4[nH]c(C)c(C)c4c3)CC2)n[nH]1. The van der Waals surface area contributed by atoms with Crippen LogP contribution < -0.4 is 15.5 Å². The molecule has 7 heteroatoms. The third kappa shape index (κ3) is 3.83. The third-order valence-corrected chi connectivity index (χ3v) is 5.67. The molecule has 0 aliphatic carbocycles. The summed E-state index contributed by atoms with van der Waals surface area (Å²) >= 11 is 0. The first kappa shape index (κ1) is 18.4. The van der Waals surface area contributed by atoms with E-state index >= 15 is 0 Å². The maximum atomic E-state index is 12.3. The van der Waals surface area contributed by atoms with Crippen LogP contribution in [-0.4, -0.2) is 40.3 Å². The Bertz CT molecular complexity index is 980. The number of amides is 2. The van der Waals surface area contributed by atoms with Crippen molar-refractivity contribution in [1.29, 1.82) is 0 Å². The number of carbonyl (C=O) groups excluding carboxylic acids is 1. The summed E-state index contributed by atoms with van der Waals surface area (Å²) in [5, 5.41) is 14.6. The minimum absolute atomic E-state index is 0.101. The molecule has 1 saturated heterocycles. The number of anilines is 1. The maximum Gasteiger partial charge on any atom is 0.315 e. The molecule has 2 amide bonds. The van der Waals surface area contributed by atoms with E-state index in [1.165, 1.54) is 16.6 Å². The fourth-order valence-electron chi connectivity index (χ4n) is 3.86. The largest absolute Gasteiger partial charge is 0.358 e. The van der Waals surface area contributed by atoms with Gasteiger partial charge in [-0.1, -0.05) is 6.07 Å². The lowest BCUT2D eigenvalue weighted by Crippen LogP contribution is -2.47. The molecule has 1 aromatic carbocycles. The molecule has 28 heavy (non-hydrogen) atoms. The Labute approximate surface area is 164 Å². The zero-order chi connectivity index (χ0) is 19.7. The number of benzene rings is 1. The van der Waals surface area contributed by atoms with Crippen LogP contribution in [0.2, 0.25) is 0 Å². The van der Waals surface area contributed by atoms with Gasteiger partial charge in [-0.15, -0.1) is 0 Å². The molecule has 4 N–H and O–H groups in total. The molecule has 1 aliphatic rings. The van der Waals surface area contributed by atoms with Crippen LogP contribution in [0.3, 0.4) is 0 Å². The molecular formula is C21H28N6O. The normalized spacial score (nSPS) is 15.2. The number of nitrogens with zero attached hydrogens (tertiary/aromatic N) is 2. The van der Waals surface area contributed by atoms with Crippen LogP contribution in [0.25, 0.3) is 10.9 Å². The van der Waals surface area contributed by atoms with Crippen molar-refractivity contribution in [3.8, 4) is 0 Å². The molecule has 0 unspecified atom stereocenters. The highest BCUT2D eigenvalue weighted by atomic mass is 16.2. The average molecular weight is 380 g/mol. The van der Waals surface area contributed by atoms with Crippen LogP contribution in [0.5, 0.6) is 0 Å². The van der Waals surface area contributed by atoms with Crippen molar-refractivity contribution >= 4 is 22.8 Å². The molecule has 7 nitrogen and oxygen atoms in total. The first-order valence-electron chi connectivity index (χ1n) is 9.89. The van der Waals surface area contributed by atoms with E-state index in [4.69, 9.17) is 0 Å². The maximum absolute atomic E-state index is 12.3. The fourth-order valence-corrected chi connectivity index (χ4v) is 3.86. The summed E-state index contributed by atoms with van der Waals surface area (Å²) in [5.41, 5.74) is 5.77. The Morgan fingerprint density at radius 2 is 2.00 bits per heavy atom. The van der Waals surface area contributed by atoms with Crippen molar-refractivity contribution in [3.63, 3.8) is 0 Å². The minimum atomic E-state index is -0.101. The Kier molecular flexibility index (Phi) is 4.98. The van der Waals surface area contributed by atoms with Crippen LogP contribution in [-0.2, 0) is 6.54 Å². The first-order valence-corrected chi connectivity index (χ1v) is 9.89. The lowest BCUT2D eigenvalue weighted by atomic mass is 10.1. The molecule has 0 bridgehead atoms. The number of hydrogen-bond donors (Lipinski definition) is 4. The summed E-state index contributed by atoms with van der Waals surface area (Å²) in [6, 6.07) is 8.45. The molecular weight excluding hydrogens is 352 g/mol. The van der Waals surface area contributed by atoms with E-state index in [9.17, 15) is 4.79 Å². The van der Waals surface area contributed by atoms with Gasteiger partial charge < -0.3 is 20.5 Å². The van der Waals surface area contributed by atoms with Gasteiger partial charge in [0.1, 0.15) is 0 Å². The van der Waals surface area contributed by atoms with Gasteiger partial charge in [0, 0.05) is 54.0 Å². The number of carbonyl (C=O) groups is 1. The lowest BCUT2D eigenvalue weighted by molar-refractivity contribution is 0.234. The van der Waals surface area contributed by atoms with Crippen LogP contribution in [0.4, 0.5) is 10.6 Å². The van der Waals surface area contributed by atoms with Crippen molar-refractivity contribution in [2.24, 2.45) is 0 Å². The van der Waals surface area contributed by atoms with Gasteiger partial charge in [0.05, 0.1) is 0 Å². The standard InChI is InChI=1S/C21H28N6O/c1-13-10-20(26-25-13)27-8-6-17(7-9-27)24-21(28)22-12-16-4-5-19-18(11-16)14(2)15(3)23-19/h4-5,10-11,17,23H,6-9,12H2,1-3H3,(H,25,26)(H2,22,24,28). The van der Waals surface area contributed by atoms with E-state index in [0.29, 0.717) is 6.54 Å². The van der Waals surface area contributed by atoms with Crippen molar-refractivity contribution < 1.29 is 4.79 Å². The first-order chi connectivity index (χ1) is 13.5. The second-order valence-corrected chi connectivity index (χ2v) is 7.75. The predicted octanol–water partition coefficient (Wildman–Crippen LogP) is 3.28. The second kappa shape index (κ2) is 7.58. The molecule has 3 heterocycles. The number of fused-ring (bicyclic) bond motifs is 1. The molecule has 4 rings (SSSR count). The molecule has 1 fully saturated rings. The summed E-state index contributed by atoms with van der Waals surface area (Å²) in [6.45, 7) is 8.53. The van der Waals surface area contributed by atoms with Gasteiger partial charge >= 0.3 is 6.03 Å². The van der Waals surface area contributed by atoms with Crippen molar-refractivity contribution in [3.05, 3.63) is 46.8 Å². The summed E-state index contributed by atoms with van der Waals surface area (Å²) in [4.78, 5) is 18.0. The van der Waals surface area contributed by atoms with Crippen molar-refractivity contribution in [2.75, 3.05) is 18.0 Å². The Morgan fingerprint density at radius 1 is 1.21 bits per heavy atom.